The molecule has 110 valence electrons. The molecule has 0 atom stereocenters. The second-order valence-electron chi connectivity index (χ2n) is 4.62. The number of nitrogens with zero attached hydrogens (tertiary/aromatic N) is 2. The minimum atomic E-state index is -0.504. The molecule has 2 N–H and O–H groups in total. The van der Waals surface area contributed by atoms with Crippen molar-refractivity contribution in [3.63, 3.8) is 0 Å². The van der Waals surface area contributed by atoms with Gasteiger partial charge in [-0.1, -0.05) is 6.07 Å². The van der Waals surface area contributed by atoms with Crippen molar-refractivity contribution in [3.05, 3.63) is 36.4 Å². The number of ether oxygens (including phenoxy) is 2. The number of benzene rings is 1. The molecule has 0 radical (unpaired) electrons. The molecule has 21 heavy (non-hydrogen) atoms. The highest BCUT2D eigenvalue weighted by atomic mass is 16.5. The molecule has 0 saturated heterocycles. The number of imidazole rings is 1. The first kappa shape index (κ1) is 13.3. The zero-order valence-corrected chi connectivity index (χ0v) is 11.6. The summed E-state index contributed by atoms with van der Waals surface area (Å²) in [5.41, 5.74) is 2.51. The summed E-state index contributed by atoms with van der Waals surface area (Å²) in [5, 5.41) is 2.72. The average molecular weight is 288 g/mol. The summed E-state index contributed by atoms with van der Waals surface area (Å²) in [4.78, 5) is 20.7. The van der Waals surface area contributed by atoms with Crippen molar-refractivity contribution in [1.29, 1.82) is 0 Å². The van der Waals surface area contributed by atoms with Crippen LogP contribution < -0.4 is 15.0 Å². The Morgan fingerprint density at radius 2 is 2.48 bits per heavy atom. The van der Waals surface area contributed by atoms with Crippen LogP contribution in [0.1, 0.15) is 5.69 Å². The number of carbonyl (C=O) groups excluding carboxylic acids is 1. The Kier molecular flexibility index (Phi) is 3.63. The third kappa shape index (κ3) is 2.76. The van der Waals surface area contributed by atoms with E-state index in [0.717, 1.165) is 23.7 Å². The van der Waals surface area contributed by atoms with Crippen LogP contribution in [0.3, 0.4) is 0 Å². The van der Waals surface area contributed by atoms with Crippen LogP contribution in [0.25, 0.3) is 0 Å². The molecule has 0 aliphatic carbocycles. The number of para-hydroxylation sites is 1. The first-order valence-electron chi connectivity index (χ1n) is 6.61. The SMILES string of the molecule is COC(=O)Nc1cccc2c1N(Cc1cnc[nH]1)CCO2. The highest BCUT2D eigenvalue weighted by molar-refractivity contribution is 5.91. The first-order chi connectivity index (χ1) is 10.3. The number of fused-ring (bicyclic) bond motifs is 1. The number of rotatable bonds is 3. The third-order valence-electron chi connectivity index (χ3n) is 3.27. The fourth-order valence-corrected chi connectivity index (χ4v) is 2.34. The van der Waals surface area contributed by atoms with E-state index in [0.29, 0.717) is 18.8 Å². The average Bonchev–Trinajstić information content (AvgIpc) is 3.00. The fraction of sp³-hybridized carbons (Fsp3) is 0.286. The lowest BCUT2D eigenvalue weighted by molar-refractivity contribution is 0.187. The van der Waals surface area contributed by atoms with Crippen LogP contribution in [-0.4, -0.2) is 36.3 Å². The van der Waals surface area contributed by atoms with Crippen LogP contribution in [0.15, 0.2) is 30.7 Å². The maximum Gasteiger partial charge on any atom is 0.411 e. The Morgan fingerprint density at radius 3 is 3.24 bits per heavy atom. The lowest BCUT2D eigenvalue weighted by Crippen LogP contribution is -2.33. The molecule has 1 aliphatic rings. The Bertz CT molecular complexity index is 627. The number of hydrogen-bond acceptors (Lipinski definition) is 5. The number of anilines is 2. The lowest BCUT2D eigenvalue weighted by Gasteiger charge is -2.32. The molecular weight excluding hydrogens is 272 g/mol. The molecule has 1 aromatic heterocycles. The Balaban J connectivity index is 1.92. The number of hydrogen-bond donors (Lipinski definition) is 2. The minimum Gasteiger partial charge on any atom is -0.489 e. The summed E-state index contributed by atoms with van der Waals surface area (Å²) in [5.74, 6) is 0.745. The van der Waals surface area contributed by atoms with Crippen molar-refractivity contribution in [2.45, 2.75) is 6.54 Å². The maximum absolute atomic E-state index is 11.5. The Hall–Kier alpha value is -2.70. The van der Waals surface area contributed by atoms with E-state index in [1.807, 2.05) is 18.2 Å². The summed E-state index contributed by atoms with van der Waals surface area (Å²) in [6.45, 7) is 1.99. The van der Waals surface area contributed by atoms with Crippen LogP contribution in [0.2, 0.25) is 0 Å². The molecule has 0 fully saturated rings. The van der Waals surface area contributed by atoms with E-state index in [-0.39, 0.29) is 0 Å². The first-order valence-corrected chi connectivity index (χ1v) is 6.61. The summed E-state index contributed by atoms with van der Waals surface area (Å²) in [7, 11) is 1.34. The third-order valence-corrected chi connectivity index (χ3v) is 3.27. The molecule has 7 heteroatoms. The van der Waals surface area contributed by atoms with Gasteiger partial charge in [-0.05, 0) is 12.1 Å². The van der Waals surface area contributed by atoms with Crippen LogP contribution >= 0.6 is 0 Å². The molecule has 1 amide bonds. The molecule has 0 saturated carbocycles. The number of aromatic amines is 1. The number of nitrogens with one attached hydrogen (secondary N) is 2. The van der Waals surface area contributed by atoms with E-state index in [4.69, 9.17) is 4.74 Å². The van der Waals surface area contributed by atoms with Gasteiger partial charge in [0, 0.05) is 6.20 Å². The highest BCUT2D eigenvalue weighted by Crippen LogP contribution is 2.39. The number of aromatic nitrogens is 2. The molecular formula is C14H16N4O3. The van der Waals surface area contributed by atoms with Gasteiger partial charge in [0.05, 0.1) is 37.9 Å². The molecule has 2 heterocycles. The van der Waals surface area contributed by atoms with Crippen molar-refractivity contribution < 1.29 is 14.3 Å². The van der Waals surface area contributed by atoms with Gasteiger partial charge < -0.3 is 19.4 Å². The van der Waals surface area contributed by atoms with Crippen LogP contribution in [0.5, 0.6) is 5.75 Å². The zero-order chi connectivity index (χ0) is 14.7. The zero-order valence-electron chi connectivity index (χ0n) is 11.6. The predicted molar refractivity (Wildman–Crippen MR) is 77.6 cm³/mol. The van der Waals surface area contributed by atoms with Gasteiger partial charge in [0.2, 0.25) is 0 Å². The molecule has 7 nitrogen and oxygen atoms in total. The van der Waals surface area contributed by atoms with Gasteiger partial charge in [0.15, 0.2) is 0 Å². The van der Waals surface area contributed by atoms with Gasteiger partial charge in [-0.3, -0.25) is 5.32 Å². The molecule has 0 bridgehead atoms. The summed E-state index contributed by atoms with van der Waals surface area (Å²) >= 11 is 0. The minimum absolute atomic E-state index is 0.504. The standard InChI is InChI=1S/C14H16N4O3/c1-20-14(19)17-11-3-2-4-12-13(11)18(5-6-21-12)8-10-7-15-9-16-10/h2-4,7,9H,5-6,8H2,1H3,(H,15,16)(H,17,19). The normalized spacial score (nSPS) is 13.3. The van der Waals surface area contributed by atoms with E-state index in [1.165, 1.54) is 7.11 Å². The summed E-state index contributed by atoms with van der Waals surface area (Å²) in [6, 6.07) is 5.55. The second-order valence-corrected chi connectivity index (χ2v) is 4.62. The van der Waals surface area contributed by atoms with Crippen molar-refractivity contribution in [3.8, 4) is 5.75 Å². The summed E-state index contributed by atoms with van der Waals surface area (Å²) in [6.07, 6.45) is 2.93. The van der Waals surface area contributed by atoms with E-state index in [1.54, 1.807) is 12.5 Å². The van der Waals surface area contributed by atoms with E-state index in [2.05, 4.69) is 24.9 Å². The van der Waals surface area contributed by atoms with Crippen LogP contribution in [-0.2, 0) is 11.3 Å². The fourth-order valence-electron chi connectivity index (χ4n) is 2.34. The van der Waals surface area contributed by atoms with E-state index >= 15 is 0 Å². The highest BCUT2D eigenvalue weighted by Gasteiger charge is 2.23. The molecule has 1 aliphatic heterocycles. The van der Waals surface area contributed by atoms with Crippen molar-refractivity contribution in [2.24, 2.45) is 0 Å². The Morgan fingerprint density at radius 1 is 1.57 bits per heavy atom. The number of methoxy groups -OCH3 is 1. The number of carbonyl (C=O) groups is 1. The molecule has 1 aromatic carbocycles. The van der Waals surface area contributed by atoms with Gasteiger partial charge in [0.1, 0.15) is 18.0 Å². The molecule has 2 aromatic rings. The lowest BCUT2D eigenvalue weighted by atomic mass is 10.2. The number of amides is 1. The van der Waals surface area contributed by atoms with Crippen molar-refractivity contribution in [1.82, 2.24) is 9.97 Å². The number of H-pyrrole nitrogens is 1. The van der Waals surface area contributed by atoms with Gasteiger partial charge >= 0.3 is 6.09 Å². The van der Waals surface area contributed by atoms with Gasteiger partial charge in [-0.15, -0.1) is 0 Å². The molecule has 0 spiro atoms. The monoisotopic (exact) mass is 288 g/mol. The predicted octanol–water partition coefficient (Wildman–Crippen LogP) is 1.99. The van der Waals surface area contributed by atoms with Crippen LogP contribution in [0.4, 0.5) is 16.2 Å². The largest absolute Gasteiger partial charge is 0.489 e. The Labute approximate surface area is 121 Å². The maximum atomic E-state index is 11.5. The van der Waals surface area contributed by atoms with Gasteiger partial charge in [-0.2, -0.15) is 0 Å². The van der Waals surface area contributed by atoms with Crippen molar-refractivity contribution in [2.75, 3.05) is 30.5 Å². The van der Waals surface area contributed by atoms with Gasteiger partial charge in [-0.25, -0.2) is 9.78 Å². The molecule has 0 unspecified atom stereocenters. The van der Waals surface area contributed by atoms with E-state index in [9.17, 15) is 4.79 Å². The van der Waals surface area contributed by atoms with Crippen LogP contribution in [0, 0.1) is 0 Å². The molecule has 3 rings (SSSR count). The second kappa shape index (κ2) is 5.74. The van der Waals surface area contributed by atoms with E-state index < -0.39 is 6.09 Å². The quantitative estimate of drug-likeness (QED) is 0.903. The summed E-state index contributed by atoms with van der Waals surface area (Å²) < 4.78 is 10.3. The smallest absolute Gasteiger partial charge is 0.411 e. The van der Waals surface area contributed by atoms with Crippen molar-refractivity contribution >= 4 is 17.5 Å². The van der Waals surface area contributed by atoms with Gasteiger partial charge in [0.25, 0.3) is 0 Å². The topological polar surface area (TPSA) is 79.5 Å².